The molecule has 1 rings (SSSR count). The Bertz CT molecular complexity index is 132. The average molecular weight is 184 g/mol. The molecule has 0 saturated carbocycles. The van der Waals surface area contributed by atoms with Gasteiger partial charge in [-0.2, -0.15) is 0 Å². The van der Waals surface area contributed by atoms with Gasteiger partial charge in [0.25, 0.3) is 0 Å². The maximum Gasteiger partial charge on any atom is 0.000750 e. The van der Waals surface area contributed by atoms with Crippen LogP contribution in [0.2, 0.25) is 0 Å². The summed E-state index contributed by atoms with van der Waals surface area (Å²) >= 11 is 0. The summed E-state index contributed by atoms with van der Waals surface area (Å²) in [7, 11) is 0. The van der Waals surface area contributed by atoms with Crippen LogP contribution in [0, 0.1) is 11.8 Å². The number of hydrogen-bond acceptors (Lipinski definition) is 2. The molecule has 2 atom stereocenters. The average Bonchev–Trinajstić information content (AvgIpc) is 2.53. The van der Waals surface area contributed by atoms with Gasteiger partial charge in [-0.05, 0) is 44.3 Å². The topological polar surface area (TPSA) is 29.3 Å². The van der Waals surface area contributed by atoms with Gasteiger partial charge in [-0.15, -0.1) is 0 Å². The van der Waals surface area contributed by atoms with Crippen molar-refractivity contribution < 1.29 is 0 Å². The number of likely N-dealkylation sites (tertiary alicyclic amines) is 1. The van der Waals surface area contributed by atoms with Gasteiger partial charge in [0.1, 0.15) is 0 Å². The molecule has 0 radical (unpaired) electrons. The van der Waals surface area contributed by atoms with Crippen molar-refractivity contribution in [1.82, 2.24) is 4.90 Å². The summed E-state index contributed by atoms with van der Waals surface area (Å²) in [6.07, 6.45) is 3.92. The minimum atomic E-state index is 0.746. The standard InChI is InChI=1S/C11H24N2/c1-3-11(8-12)5-7-13-6-4-10(2)9-13/h10-11H,3-9,12H2,1-2H3. The highest BCUT2D eigenvalue weighted by atomic mass is 15.1. The highest BCUT2D eigenvalue weighted by molar-refractivity contribution is 4.73. The number of nitrogens with two attached hydrogens (primary N) is 1. The Morgan fingerprint density at radius 2 is 2.31 bits per heavy atom. The van der Waals surface area contributed by atoms with Crippen molar-refractivity contribution in [3.63, 3.8) is 0 Å². The molecule has 0 aliphatic carbocycles. The van der Waals surface area contributed by atoms with Crippen molar-refractivity contribution in [3.05, 3.63) is 0 Å². The summed E-state index contributed by atoms with van der Waals surface area (Å²) in [5, 5.41) is 0. The third-order valence-electron chi connectivity index (χ3n) is 3.27. The molecule has 2 heteroatoms. The van der Waals surface area contributed by atoms with Crippen LogP contribution in [-0.4, -0.2) is 31.1 Å². The smallest absolute Gasteiger partial charge is 0.000750 e. The third-order valence-corrected chi connectivity index (χ3v) is 3.27. The maximum atomic E-state index is 5.68. The van der Waals surface area contributed by atoms with Crippen LogP contribution in [0.1, 0.15) is 33.1 Å². The van der Waals surface area contributed by atoms with Crippen molar-refractivity contribution in [2.24, 2.45) is 17.6 Å². The number of rotatable bonds is 5. The first-order chi connectivity index (χ1) is 6.26. The minimum Gasteiger partial charge on any atom is -0.330 e. The fourth-order valence-corrected chi connectivity index (χ4v) is 2.08. The largest absolute Gasteiger partial charge is 0.330 e. The monoisotopic (exact) mass is 184 g/mol. The van der Waals surface area contributed by atoms with Crippen molar-refractivity contribution in [1.29, 1.82) is 0 Å². The van der Waals surface area contributed by atoms with Crippen LogP contribution in [0.15, 0.2) is 0 Å². The minimum absolute atomic E-state index is 0.746. The molecule has 0 amide bonds. The van der Waals surface area contributed by atoms with Crippen molar-refractivity contribution in [2.75, 3.05) is 26.2 Å². The molecule has 1 fully saturated rings. The molecule has 1 heterocycles. The lowest BCUT2D eigenvalue weighted by atomic mass is 10.0. The van der Waals surface area contributed by atoms with Crippen LogP contribution in [0.4, 0.5) is 0 Å². The van der Waals surface area contributed by atoms with E-state index in [4.69, 9.17) is 5.73 Å². The van der Waals surface area contributed by atoms with Gasteiger partial charge in [0.2, 0.25) is 0 Å². The van der Waals surface area contributed by atoms with Gasteiger partial charge in [0.05, 0.1) is 0 Å². The predicted octanol–water partition coefficient (Wildman–Crippen LogP) is 1.70. The van der Waals surface area contributed by atoms with Crippen LogP contribution in [-0.2, 0) is 0 Å². The Kier molecular flexibility index (Phi) is 4.74. The molecule has 1 aliphatic rings. The fourth-order valence-electron chi connectivity index (χ4n) is 2.08. The van der Waals surface area contributed by atoms with Gasteiger partial charge in [-0.1, -0.05) is 20.3 Å². The fraction of sp³-hybridized carbons (Fsp3) is 1.00. The summed E-state index contributed by atoms with van der Waals surface area (Å²) in [4.78, 5) is 2.59. The molecular formula is C11H24N2. The zero-order valence-corrected chi connectivity index (χ0v) is 9.13. The zero-order valence-electron chi connectivity index (χ0n) is 9.13. The van der Waals surface area contributed by atoms with E-state index in [-0.39, 0.29) is 0 Å². The van der Waals surface area contributed by atoms with Gasteiger partial charge < -0.3 is 10.6 Å². The first kappa shape index (κ1) is 11.0. The zero-order chi connectivity index (χ0) is 9.68. The summed E-state index contributed by atoms with van der Waals surface area (Å²) in [5.41, 5.74) is 5.68. The molecular weight excluding hydrogens is 160 g/mol. The number of nitrogens with zero attached hydrogens (tertiary/aromatic N) is 1. The Hall–Kier alpha value is -0.0800. The van der Waals surface area contributed by atoms with E-state index in [9.17, 15) is 0 Å². The van der Waals surface area contributed by atoms with E-state index in [0.29, 0.717) is 0 Å². The lowest BCUT2D eigenvalue weighted by Gasteiger charge is -2.18. The Labute approximate surface area is 82.5 Å². The van der Waals surface area contributed by atoms with E-state index < -0.39 is 0 Å². The molecule has 0 aromatic heterocycles. The maximum absolute atomic E-state index is 5.68. The Morgan fingerprint density at radius 3 is 2.77 bits per heavy atom. The predicted molar refractivity (Wildman–Crippen MR) is 57.7 cm³/mol. The first-order valence-corrected chi connectivity index (χ1v) is 5.68. The van der Waals surface area contributed by atoms with E-state index >= 15 is 0 Å². The molecule has 0 spiro atoms. The second-order valence-electron chi connectivity index (χ2n) is 4.49. The molecule has 1 saturated heterocycles. The van der Waals surface area contributed by atoms with Gasteiger partial charge >= 0.3 is 0 Å². The summed E-state index contributed by atoms with van der Waals surface area (Å²) in [6.45, 7) is 9.33. The van der Waals surface area contributed by atoms with Crippen molar-refractivity contribution >= 4 is 0 Å². The molecule has 2 nitrogen and oxygen atoms in total. The van der Waals surface area contributed by atoms with E-state index in [0.717, 1.165) is 18.4 Å². The van der Waals surface area contributed by atoms with Gasteiger partial charge in [-0.25, -0.2) is 0 Å². The Balaban J connectivity index is 2.11. The third kappa shape index (κ3) is 3.65. The molecule has 2 N–H and O–H groups in total. The lowest BCUT2D eigenvalue weighted by molar-refractivity contribution is 0.293. The van der Waals surface area contributed by atoms with Crippen LogP contribution in [0.25, 0.3) is 0 Å². The lowest BCUT2D eigenvalue weighted by Crippen LogP contribution is -2.25. The summed E-state index contributed by atoms with van der Waals surface area (Å²) < 4.78 is 0. The molecule has 2 unspecified atom stereocenters. The number of hydrogen-bond donors (Lipinski definition) is 1. The normalized spacial score (nSPS) is 26.5. The molecule has 0 aromatic carbocycles. The first-order valence-electron chi connectivity index (χ1n) is 5.68. The van der Waals surface area contributed by atoms with E-state index in [1.54, 1.807) is 0 Å². The van der Waals surface area contributed by atoms with Crippen LogP contribution in [0.5, 0.6) is 0 Å². The molecule has 0 aromatic rings. The second kappa shape index (κ2) is 5.61. The molecule has 0 bridgehead atoms. The Morgan fingerprint density at radius 1 is 1.54 bits per heavy atom. The van der Waals surface area contributed by atoms with Crippen molar-refractivity contribution in [2.45, 2.75) is 33.1 Å². The van der Waals surface area contributed by atoms with Crippen LogP contribution < -0.4 is 5.73 Å². The molecule has 78 valence electrons. The SMILES string of the molecule is CCC(CN)CCN1CCC(C)C1. The van der Waals surface area contributed by atoms with Gasteiger partial charge in [0.15, 0.2) is 0 Å². The van der Waals surface area contributed by atoms with Crippen LogP contribution in [0.3, 0.4) is 0 Å². The summed E-state index contributed by atoms with van der Waals surface area (Å²) in [5.74, 6) is 1.66. The summed E-state index contributed by atoms with van der Waals surface area (Å²) in [6, 6.07) is 0. The highest BCUT2D eigenvalue weighted by Crippen LogP contribution is 2.16. The van der Waals surface area contributed by atoms with Crippen molar-refractivity contribution in [3.8, 4) is 0 Å². The molecule has 1 aliphatic heterocycles. The highest BCUT2D eigenvalue weighted by Gasteiger charge is 2.18. The van der Waals surface area contributed by atoms with Gasteiger partial charge in [-0.3, -0.25) is 0 Å². The van der Waals surface area contributed by atoms with E-state index in [2.05, 4.69) is 18.7 Å². The van der Waals surface area contributed by atoms with Gasteiger partial charge in [0, 0.05) is 6.54 Å². The second-order valence-corrected chi connectivity index (χ2v) is 4.49. The van der Waals surface area contributed by atoms with E-state index in [1.165, 1.54) is 38.9 Å². The van der Waals surface area contributed by atoms with E-state index in [1.807, 2.05) is 0 Å². The molecule has 13 heavy (non-hydrogen) atoms. The quantitative estimate of drug-likeness (QED) is 0.704. The van der Waals surface area contributed by atoms with Crippen LogP contribution >= 0.6 is 0 Å².